The van der Waals surface area contributed by atoms with E-state index in [0.29, 0.717) is 23.4 Å². The number of anilines is 1. The van der Waals surface area contributed by atoms with E-state index >= 15 is 0 Å². The maximum absolute atomic E-state index is 12.7. The number of benzene rings is 1. The molecule has 24 heavy (non-hydrogen) atoms. The second-order valence-electron chi connectivity index (χ2n) is 6.19. The van der Waals surface area contributed by atoms with Crippen molar-refractivity contribution in [1.82, 2.24) is 19.7 Å². The first-order chi connectivity index (χ1) is 11.4. The van der Waals surface area contributed by atoms with E-state index in [1.165, 1.54) is 11.8 Å². The summed E-state index contributed by atoms with van der Waals surface area (Å²) in [4.78, 5) is 14.5. The van der Waals surface area contributed by atoms with E-state index < -0.39 is 0 Å². The predicted molar refractivity (Wildman–Crippen MR) is 97.7 cm³/mol. The van der Waals surface area contributed by atoms with Crippen LogP contribution in [0.1, 0.15) is 39.3 Å². The number of carbonyl (C=O) groups excluding carboxylic acids is 1. The Morgan fingerprint density at radius 2 is 1.88 bits per heavy atom. The molecule has 0 radical (unpaired) electrons. The number of nitrogens with two attached hydrogens (primary N) is 1. The first kappa shape index (κ1) is 18.3. The molecule has 2 rings (SSSR count). The lowest BCUT2D eigenvalue weighted by atomic mass is 10.2. The fourth-order valence-corrected chi connectivity index (χ4v) is 3.38. The van der Waals surface area contributed by atoms with Crippen molar-refractivity contribution >= 4 is 23.6 Å². The van der Waals surface area contributed by atoms with Crippen LogP contribution in [-0.2, 0) is 11.3 Å². The van der Waals surface area contributed by atoms with Gasteiger partial charge in [-0.25, -0.2) is 0 Å². The van der Waals surface area contributed by atoms with Crippen molar-refractivity contribution in [2.45, 2.75) is 51.5 Å². The Kier molecular flexibility index (Phi) is 6.25. The van der Waals surface area contributed by atoms with Crippen LogP contribution >= 0.6 is 11.8 Å². The quantitative estimate of drug-likeness (QED) is 0.779. The minimum Gasteiger partial charge on any atom is -0.368 e. The number of nitrogens with zero attached hydrogens (tertiary/aromatic N) is 4. The SMILES string of the molecule is CC(C)N(Cc1ccccc1)C(=O)CSc1nnc(N)n1C(C)C. The van der Waals surface area contributed by atoms with Gasteiger partial charge in [-0.2, -0.15) is 0 Å². The van der Waals surface area contributed by atoms with E-state index in [4.69, 9.17) is 5.73 Å². The number of carbonyl (C=O) groups is 1. The van der Waals surface area contributed by atoms with Crippen LogP contribution in [0.15, 0.2) is 35.5 Å². The molecular weight excluding hydrogens is 322 g/mol. The Bertz CT molecular complexity index is 669. The van der Waals surface area contributed by atoms with Gasteiger partial charge in [0.15, 0.2) is 5.16 Å². The Morgan fingerprint density at radius 3 is 2.46 bits per heavy atom. The first-order valence-corrected chi connectivity index (χ1v) is 9.05. The van der Waals surface area contributed by atoms with E-state index in [9.17, 15) is 4.79 Å². The molecule has 0 atom stereocenters. The van der Waals surface area contributed by atoms with Crippen molar-refractivity contribution in [1.29, 1.82) is 0 Å². The molecule has 0 spiro atoms. The molecule has 2 N–H and O–H groups in total. The number of hydrogen-bond donors (Lipinski definition) is 1. The standard InChI is InChI=1S/C17H25N5OS/c1-12(2)21(10-14-8-6-5-7-9-14)15(23)11-24-17-20-19-16(18)22(17)13(3)4/h5-9,12-13H,10-11H2,1-4H3,(H2,18,19). The summed E-state index contributed by atoms with van der Waals surface area (Å²) in [5.41, 5.74) is 6.96. The third-order valence-electron chi connectivity index (χ3n) is 3.67. The molecule has 0 fully saturated rings. The molecule has 6 nitrogen and oxygen atoms in total. The lowest BCUT2D eigenvalue weighted by Crippen LogP contribution is -2.37. The van der Waals surface area contributed by atoms with Crippen LogP contribution in [0.2, 0.25) is 0 Å². The highest BCUT2D eigenvalue weighted by atomic mass is 32.2. The molecule has 0 bridgehead atoms. The van der Waals surface area contributed by atoms with Gasteiger partial charge in [-0.05, 0) is 33.3 Å². The Hall–Kier alpha value is -2.02. The van der Waals surface area contributed by atoms with Crippen molar-refractivity contribution in [3.63, 3.8) is 0 Å². The van der Waals surface area contributed by atoms with Crippen LogP contribution in [0.4, 0.5) is 5.95 Å². The summed E-state index contributed by atoms with van der Waals surface area (Å²) in [6.45, 7) is 8.69. The van der Waals surface area contributed by atoms with Gasteiger partial charge in [0.05, 0.1) is 5.75 Å². The van der Waals surface area contributed by atoms with Gasteiger partial charge in [-0.15, -0.1) is 10.2 Å². The highest BCUT2D eigenvalue weighted by Crippen LogP contribution is 2.23. The van der Waals surface area contributed by atoms with Crippen LogP contribution in [-0.4, -0.2) is 37.4 Å². The number of amides is 1. The van der Waals surface area contributed by atoms with E-state index in [1.807, 2.05) is 67.5 Å². The smallest absolute Gasteiger partial charge is 0.233 e. The maximum atomic E-state index is 12.7. The number of nitrogen functional groups attached to an aromatic ring is 1. The van der Waals surface area contributed by atoms with Crippen molar-refractivity contribution < 1.29 is 4.79 Å². The number of hydrogen-bond acceptors (Lipinski definition) is 5. The van der Waals surface area contributed by atoms with Crippen molar-refractivity contribution in [3.8, 4) is 0 Å². The lowest BCUT2D eigenvalue weighted by Gasteiger charge is -2.27. The van der Waals surface area contributed by atoms with Gasteiger partial charge in [0, 0.05) is 18.6 Å². The average Bonchev–Trinajstić information content (AvgIpc) is 2.92. The highest BCUT2D eigenvalue weighted by Gasteiger charge is 2.20. The molecular formula is C17H25N5OS. The molecule has 1 aromatic heterocycles. The fraction of sp³-hybridized carbons (Fsp3) is 0.471. The summed E-state index contributed by atoms with van der Waals surface area (Å²) < 4.78 is 1.84. The van der Waals surface area contributed by atoms with Crippen LogP contribution in [0.3, 0.4) is 0 Å². The third-order valence-corrected chi connectivity index (χ3v) is 4.60. The Balaban J connectivity index is 2.04. The Labute approximate surface area is 147 Å². The van der Waals surface area contributed by atoms with Crippen molar-refractivity contribution in [2.24, 2.45) is 0 Å². The summed E-state index contributed by atoms with van der Waals surface area (Å²) in [6.07, 6.45) is 0. The molecule has 0 aliphatic heterocycles. The molecule has 0 aliphatic rings. The van der Waals surface area contributed by atoms with Gasteiger partial charge in [-0.1, -0.05) is 42.1 Å². The fourth-order valence-electron chi connectivity index (χ4n) is 2.42. The van der Waals surface area contributed by atoms with Gasteiger partial charge in [-0.3, -0.25) is 9.36 Å². The summed E-state index contributed by atoms with van der Waals surface area (Å²) in [5, 5.41) is 8.67. The highest BCUT2D eigenvalue weighted by molar-refractivity contribution is 7.99. The molecule has 1 heterocycles. The van der Waals surface area contributed by atoms with Gasteiger partial charge in [0.1, 0.15) is 0 Å². The molecule has 7 heteroatoms. The van der Waals surface area contributed by atoms with Crippen LogP contribution < -0.4 is 5.73 Å². The second kappa shape index (κ2) is 8.19. The maximum Gasteiger partial charge on any atom is 0.233 e. The molecule has 0 saturated heterocycles. The Morgan fingerprint density at radius 1 is 1.21 bits per heavy atom. The molecule has 0 saturated carbocycles. The lowest BCUT2D eigenvalue weighted by molar-refractivity contribution is -0.130. The summed E-state index contributed by atoms with van der Waals surface area (Å²) in [7, 11) is 0. The minimum atomic E-state index is 0.0794. The monoisotopic (exact) mass is 347 g/mol. The molecule has 1 aromatic carbocycles. The van der Waals surface area contributed by atoms with Gasteiger partial charge in [0.2, 0.25) is 11.9 Å². The van der Waals surface area contributed by atoms with Gasteiger partial charge >= 0.3 is 0 Å². The van der Waals surface area contributed by atoms with Gasteiger partial charge in [0.25, 0.3) is 0 Å². The summed E-state index contributed by atoms with van der Waals surface area (Å²) in [6, 6.07) is 10.3. The zero-order chi connectivity index (χ0) is 17.7. The number of thioether (sulfide) groups is 1. The van der Waals surface area contributed by atoms with E-state index in [1.54, 1.807) is 0 Å². The zero-order valence-corrected chi connectivity index (χ0v) is 15.5. The molecule has 0 unspecified atom stereocenters. The van der Waals surface area contributed by atoms with Gasteiger partial charge < -0.3 is 10.6 Å². The van der Waals surface area contributed by atoms with Crippen LogP contribution in [0.25, 0.3) is 0 Å². The largest absolute Gasteiger partial charge is 0.368 e. The van der Waals surface area contributed by atoms with Crippen LogP contribution in [0.5, 0.6) is 0 Å². The van der Waals surface area contributed by atoms with Crippen molar-refractivity contribution in [3.05, 3.63) is 35.9 Å². The second-order valence-corrected chi connectivity index (χ2v) is 7.14. The molecule has 2 aromatic rings. The van der Waals surface area contributed by atoms with Crippen molar-refractivity contribution in [2.75, 3.05) is 11.5 Å². The summed E-state index contributed by atoms with van der Waals surface area (Å²) in [5.74, 6) is 0.774. The first-order valence-electron chi connectivity index (χ1n) is 8.06. The number of rotatable bonds is 7. The third kappa shape index (κ3) is 4.50. The van der Waals surface area contributed by atoms with Crippen LogP contribution in [0, 0.1) is 0 Å². The molecule has 1 amide bonds. The predicted octanol–water partition coefficient (Wildman–Crippen LogP) is 2.97. The minimum absolute atomic E-state index is 0.0794. The summed E-state index contributed by atoms with van der Waals surface area (Å²) >= 11 is 1.38. The molecule has 0 aliphatic carbocycles. The normalized spacial score (nSPS) is 11.2. The van der Waals surface area contributed by atoms with E-state index in [2.05, 4.69) is 10.2 Å². The number of aromatic nitrogens is 3. The molecule has 130 valence electrons. The zero-order valence-electron chi connectivity index (χ0n) is 14.6. The van der Waals surface area contributed by atoms with E-state index in [0.717, 1.165) is 5.56 Å². The topological polar surface area (TPSA) is 77.0 Å². The average molecular weight is 347 g/mol. The van der Waals surface area contributed by atoms with E-state index in [-0.39, 0.29) is 18.0 Å².